The number of nitrogens with two attached hydrogens (primary N) is 2. The highest BCUT2D eigenvalue weighted by Gasteiger charge is 2.66. The van der Waals surface area contributed by atoms with Gasteiger partial charge in [-0.3, -0.25) is 0 Å². The third kappa shape index (κ3) is 1.70. The van der Waals surface area contributed by atoms with Crippen LogP contribution in [0.5, 0.6) is 0 Å². The Hall–Kier alpha value is -2.08. The second-order valence-corrected chi connectivity index (χ2v) is 5.24. The van der Waals surface area contributed by atoms with E-state index in [1.807, 2.05) is 0 Å². The summed E-state index contributed by atoms with van der Waals surface area (Å²) in [7, 11) is 0. The van der Waals surface area contributed by atoms with Crippen LogP contribution < -0.4 is 11.5 Å². The summed E-state index contributed by atoms with van der Waals surface area (Å²) >= 11 is 0. The molecule has 1 aliphatic rings. The molecule has 0 radical (unpaired) electrons. The standard InChI is InChI=1S/C11H15FN6O4/c1-10(12)6(20)4(3-19)22-11(10,21)5-2-15-8-7(13)16-9(14)17-18(5)8/h2,4,6,19-21H,3H2,1H3,(H4,13,14,16,17). The van der Waals surface area contributed by atoms with Crippen LogP contribution in [0.25, 0.3) is 5.65 Å². The van der Waals surface area contributed by atoms with E-state index in [1.54, 1.807) is 0 Å². The van der Waals surface area contributed by atoms with Gasteiger partial charge in [0.05, 0.1) is 12.8 Å². The minimum Gasteiger partial charge on any atom is -0.394 e. The van der Waals surface area contributed by atoms with Gasteiger partial charge in [0.2, 0.25) is 11.7 Å². The van der Waals surface area contributed by atoms with Crippen molar-refractivity contribution < 1.29 is 24.4 Å². The van der Waals surface area contributed by atoms with Gasteiger partial charge in [0.25, 0.3) is 0 Å². The zero-order chi connectivity index (χ0) is 16.3. The van der Waals surface area contributed by atoms with Crippen LogP contribution in [0.3, 0.4) is 0 Å². The Bertz CT molecular complexity index is 737. The lowest BCUT2D eigenvalue weighted by Crippen LogP contribution is -2.49. The van der Waals surface area contributed by atoms with Gasteiger partial charge in [0, 0.05) is 0 Å². The summed E-state index contributed by atoms with van der Waals surface area (Å²) < 4.78 is 21.0. The topological polar surface area (TPSA) is 165 Å². The van der Waals surface area contributed by atoms with E-state index in [1.165, 1.54) is 0 Å². The molecule has 4 unspecified atom stereocenters. The minimum atomic E-state index is -2.63. The molecule has 0 aromatic carbocycles. The van der Waals surface area contributed by atoms with Crippen LogP contribution in [0.15, 0.2) is 6.20 Å². The first-order valence-electron chi connectivity index (χ1n) is 6.37. The van der Waals surface area contributed by atoms with Crippen molar-refractivity contribution in [3.63, 3.8) is 0 Å². The van der Waals surface area contributed by atoms with Crippen molar-refractivity contribution >= 4 is 17.4 Å². The van der Waals surface area contributed by atoms with Crippen molar-refractivity contribution in [3.8, 4) is 0 Å². The highest BCUT2D eigenvalue weighted by Crippen LogP contribution is 2.47. The highest BCUT2D eigenvalue weighted by molar-refractivity contribution is 5.61. The number of hydrogen-bond donors (Lipinski definition) is 5. The molecule has 0 bridgehead atoms. The highest BCUT2D eigenvalue weighted by atomic mass is 19.1. The summed E-state index contributed by atoms with van der Waals surface area (Å²) in [6.45, 7) is 0.264. The van der Waals surface area contributed by atoms with Crippen molar-refractivity contribution in [1.29, 1.82) is 0 Å². The molecule has 1 saturated heterocycles. The number of halogens is 1. The Kier molecular flexibility index (Phi) is 3.01. The second kappa shape index (κ2) is 4.46. The summed E-state index contributed by atoms with van der Waals surface area (Å²) in [5, 5.41) is 33.5. The van der Waals surface area contributed by atoms with E-state index in [0.717, 1.165) is 17.6 Å². The lowest BCUT2D eigenvalue weighted by atomic mass is 9.90. The number of hydrogen-bond acceptors (Lipinski definition) is 9. The summed E-state index contributed by atoms with van der Waals surface area (Å²) in [6.07, 6.45) is -1.99. The summed E-state index contributed by atoms with van der Waals surface area (Å²) in [4.78, 5) is 7.60. The first kappa shape index (κ1) is 14.8. The number of alkyl halides is 1. The molecular formula is C11H15FN6O4. The SMILES string of the molecule is CC1(F)C(O)C(CO)OC1(O)c1cnc2c(N)nc(N)nn12. The van der Waals surface area contributed by atoms with Gasteiger partial charge in [0.15, 0.2) is 17.1 Å². The molecule has 0 aliphatic carbocycles. The normalized spacial score (nSPS) is 35.3. The monoisotopic (exact) mass is 314 g/mol. The smallest absolute Gasteiger partial charge is 0.249 e. The Balaban J connectivity index is 2.22. The summed E-state index contributed by atoms with van der Waals surface area (Å²) in [5.74, 6) is -2.89. The van der Waals surface area contributed by atoms with E-state index >= 15 is 0 Å². The molecule has 11 heteroatoms. The van der Waals surface area contributed by atoms with Crippen LogP contribution in [0.1, 0.15) is 12.6 Å². The third-order valence-electron chi connectivity index (χ3n) is 3.82. The number of anilines is 2. The fraction of sp³-hybridized carbons (Fsp3) is 0.545. The Morgan fingerprint density at radius 2 is 2.18 bits per heavy atom. The molecule has 0 saturated carbocycles. The molecule has 22 heavy (non-hydrogen) atoms. The molecule has 7 N–H and O–H groups in total. The minimum absolute atomic E-state index is 0.0407. The van der Waals surface area contributed by atoms with Crippen LogP contribution in [0.2, 0.25) is 0 Å². The molecule has 4 atom stereocenters. The molecule has 0 spiro atoms. The number of aliphatic hydroxyl groups is 3. The van der Waals surface area contributed by atoms with Gasteiger partial charge in [0.1, 0.15) is 17.9 Å². The van der Waals surface area contributed by atoms with Crippen molar-refractivity contribution in [2.24, 2.45) is 0 Å². The molecule has 2 aromatic rings. The lowest BCUT2D eigenvalue weighted by Gasteiger charge is -2.31. The number of fused-ring (bicyclic) bond motifs is 1. The quantitative estimate of drug-likeness (QED) is 0.418. The Morgan fingerprint density at radius 1 is 1.50 bits per heavy atom. The maximum absolute atomic E-state index is 14.9. The van der Waals surface area contributed by atoms with Crippen molar-refractivity contribution in [2.75, 3.05) is 18.1 Å². The van der Waals surface area contributed by atoms with E-state index in [9.17, 15) is 14.6 Å². The van der Waals surface area contributed by atoms with Gasteiger partial charge < -0.3 is 31.5 Å². The fourth-order valence-corrected chi connectivity index (χ4v) is 2.55. The van der Waals surface area contributed by atoms with Crippen molar-refractivity contribution in [2.45, 2.75) is 30.6 Å². The first-order valence-corrected chi connectivity index (χ1v) is 6.37. The zero-order valence-corrected chi connectivity index (χ0v) is 11.5. The maximum Gasteiger partial charge on any atom is 0.249 e. The Labute approximate surface area is 123 Å². The van der Waals surface area contributed by atoms with Gasteiger partial charge in [-0.1, -0.05) is 0 Å². The van der Waals surface area contributed by atoms with E-state index in [2.05, 4.69) is 15.1 Å². The van der Waals surface area contributed by atoms with Gasteiger partial charge >= 0.3 is 0 Å². The van der Waals surface area contributed by atoms with Gasteiger partial charge in [-0.2, -0.15) is 4.98 Å². The van der Waals surface area contributed by atoms with Crippen LogP contribution in [0.4, 0.5) is 16.2 Å². The predicted molar refractivity (Wildman–Crippen MR) is 71.0 cm³/mol. The van der Waals surface area contributed by atoms with E-state index < -0.39 is 30.3 Å². The molecular weight excluding hydrogens is 299 g/mol. The van der Waals surface area contributed by atoms with Crippen molar-refractivity contribution in [3.05, 3.63) is 11.9 Å². The van der Waals surface area contributed by atoms with Crippen LogP contribution in [-0.2, 0) is 10.5 Å². The average Bonchev–Trinajstić information content (AvgIpc) is 2.93. The molecule has 3 rings (SSSR count). The number of nitrogen functional groups attached to an aromatic ring is 2. The average molecular weight is 314 g/mol. The number of rotatable bonds is 2. The number of ether oxygens (including phenoxy) is 1. The molecule has 3 heterocycles. The summed E-state index contributed by atoms with van der Waals surface area (Å²) in [6, 6.07) is 0. The number of imidazole rings is 1. The lowest BCUT2D eigenvalue weighted by molar-refractivity contribution is -0.256. The number of nitrogens with zero attached hydrogens (tertiary/aromatic N) is 4. The molecule has 1 aliphatic heterocycles. The molecule has 120 valence electrons. The summed E-state index contributed by atoms with van der Waals surface area (Å²) in [5.41, 5.74) is 8.30. The Morgan fingerprint density at radius 3 is 2.77 bits per heavy atom. The number of aliphatic hydroxyl groups excluding tert-OH is 2. The fourth-order valence-electron chi connectivity index (χ4n) is 2.55. The van der Waals surface area contributed by atoms with Gasteiger partial charge in [-0.05, 0) is 6.92 Å². The largest absolute Gasteiger partial charge is 0.394 e. The van der Waals surface area contributed by atoms with E-state index in [-0.39, 0.29) is 23.1 Å². The van der Waals surface area contributed by atoms with Gasteiger partial charge in [-0.15, -0.1) is 5.10 Å². The maximum atomic E-state index is 14.9. The van der Waals surface area contributed by atoms with Gasteiger partial charge in [-0.25, -0.2) is 13.9 Å². The first-order chi connectivity index (χ1) is 10.2. The van der Waals surface area contributed by atoms with Crippen LogP contribution in [-0.4, -0.2) is 59.4 Å². The number of aromatic nitrogens is 4. The predicted octanol–water partition coefficient (Wildman–Crippen LogP) is -2.09. The van der Waals surface area contributed by atoms with Crippen LogP contribution >= 0.6 is 0 Å². The van der Waals surface area contributed by atoms with Crippen LogP contribution in [0, 0.1) is 0 Å². The molecule has 1 fully saturated rings. The van der Waals surface area contributed by atoms with E-state index in [0.29, 0.717) is 0 Å². The second-order valence-electron chi connectivity index (χ2n) is 5.24. The van der Waals surface area contributed by atoms with Crippen molar-refractivity contribution in [1.82, 2.24) is 19.6 Å². The molecule has 0 amide bonds. The third-order valence-corrected chi connectivity index (χ3v) is 3.82. The zero-order valence-electron chi connectivity index (χ0n) is 11.5. The molecule has 2 aromatic heterocycles. The van der Waals surface area contributed by atoms with E-state index in [4.69, 9.17) is 21.3 Å². The molecule has 10 nitrogen and oxygen atoms in total.